The van der Waals surface area contributed by atoms with E-state index in [0.717, 1.165) is 19.4 Å². The standard InChI is InChI=1S/C16H18N2O2.ClH/c1-20-16(19)10-5-12-11-3-2-4-13-15(11)9(7-17-13)6-14(12)18-8-10;/h2-4,7,10,12,14,17-18H,5-6,8H2,1H3;1H. The number of carbonyl (C=O) groups is 1. The maximum atomic E-state index is 11.8. The predicted molar refractivity (Wildman–Crippen MR) is 83.9 cm³/mol. The summed E-state index contributed by atoms with van der Waals surface area (Å²) in [6.45, 7) is 0.726. The molecule has 2 N–H and O–H groups in total. The molecule has 1 saturated heterocycles. The molecule has 4 nitrogen and oxygen atoms in total. The molecular formula is C16H19ClN2O2. The van der Waals surface area contributed by atoms with Crippen molar-refractivity contribution in [3.63, 3.8) is 0 Å². The first-order valence-electron chi connectivity index (χ1n) is 7.18. The molecule has 2 aromatic rings. The summed E-state index contributed by atoms with van der Waals surface area (Å²) in [4.78, 5) is 15.2. The van der Waals surface area contributed by atoms with Gasteiger partial charge in [0.2, 0.25) is 0 Å². The highest BCUT2D eigenvalue weighted by atomic mass is 35.5. The summed E-state index contributed by atoms with van der Waals surface area (Å²) in [7, 11) is 1.47. The average molecular weight is 307 g/mol. The smallest absolute Gasteiger partial charge is 0.309 e. The molecule has 0 bridgehead atoms. The highest BCUT2D eigenvalue weighted by Crippen LogP contribution is 2.41. The van der Waals surface area contributed by atoms with Gasteiger partial charge in [0, 0.05) is 35.6 Å². The van der Waals surface area contributed by atoms with Crippen LogP contribution in [-0.2, 0) is 16.0 Å². The average Bonchev–Trinajstić information content (AvgIpc) is 2.91. The monoisotopic (exact) mass is 306 g/mol. The lowest BCUT2D eigenvalue weighted by molar-refractivity contribution is -0.146. The van der Waals surface area contributed by atoms with Gasteiger partial charge in [0.15, 0.2) is 0 Å². The molecule has 1 aromatic heterocycles. The van der Waals surface area contributed by atoms with Crippen molar-refractivity contribution in [3.05, 3.63) is 35.5 Å². The van der Waals surface area contributed by atoms with Crippen molar-refractivity contribution in [1.29, 1.82) is 0 Å². The number of aromatic nitrogens is 1. The van der Waals surface area contributed by atoms with E-state index in [1.54, 1.807) is 0 Å². The van der Waals surface area contributed by atoms with Gasteiger partial charge in [0.05, 0.1) is 13.0 Å². The van der Waals surface area contributed by atoms with E-state index in [1.807, 2.05) is 0 Å². The van der Waals surface area contributed by atoms with Crippen LogP contribution in [0.1, 0.15) is 23.5 Å². The van der Waals surface area contributed by atoms with Gasteiger partial charge in [-0.3, -0.25) is 4.79 Å². The first kappa shape index (κ1) is 14.4. The van der Waals surface area contributed by atoms with Crippen LogP contribution < -0.4 is 5.32 Å². The van der Waals surface area contributed by atoms with E-state index >= 15 is 0 Å². The number of ether oxygens (including phenoxy) is 1. The largest absolute Gasteiger partial charge is 0.469 e. The van der Waals surface area contributed by atoms with E-state index in [1.165, 1.54) is 29.1 Å². The van der Waals surface area contributed by atoms with Crippen LogP contribution in [0.3, 0.4) is 0 Å². The Morgan fingerprint density at radius 3 is 3.05 bits per heavy atom. The van der Waals surface area contributed by atoms with Crippen LogP contribution >= 0.6 is 12.4 Å². The Kier molecular flexibility index (Phi) is 3.68. The highest BCUT2D eigenvalue weighted by Gasteiger charge is 2.38. The maximum absolute atomic E-state index is 11.8. The van der Waals surface area contributed by atoms with Crippen molar-refractivity contribution in [2.75, 3.05) is 13.7 Å². The lowest BCUT2D eigenvalue weighted by Gasteiger charge is -2.39. The Balaban J connectivity index is 0.00000132. The SMILES string of the molecule is COC(=O)C1CNC2Cc3c[nH]c4cccc(c34)C2C1.Cl. The fourth-order valence-electron chi connectivity index (χ4n) is 3.89. The zero-order valence-corrected chi connectivity index (χ0v) is 12.7. The van der Waals surface area contributed by atoms with Gasteiger partial charge in [0.25, 0.3) is 0 Å². The number of fused-ring (bicyclic) bond motifs is 2. The van der Waals surface area contributed by atoms with Gasteiger partial charge in [0.1, 0.15) is 0 Å². The Morgan fingerprint density at radius 2 is 2.24 bits per heavy atom. The molecular weight excluding hydrogens is 288 g/mol. The van der Waals surface area contributed by atoms with Crippen molar-refractivity contribution in [2.45, 2.75) is 24.8 Å². The zero-order valence-electron chi connectivity index (χ0n) is 11.9. The number of carbonyl (C=O) groups excluding carboxylic acids is 1. The van der Waals surface area contributed by atoms with E-state index in [0.29, 0.717) is 12.0 Å². The molecule has 2 heterocycles. The summed E-state index contributed by atoms with van der Waals surface area (Å²) in [5, 5.41) is 4.91. The second kappa shape index (κ2) is 5.35. The molecule has 1 aliphatic heterocycles. The van der Waals surface area contributed by atoms with Crippen LogP contribution in [-0.4, -0.2) is 30.6 Å². The molecule has 1 aromatic carbocycles. The molecule has 112 valence electrons. The van der Waals surface area contributed by atoms with Crippen LogP contribution in [0.15, 0.2) is 24.4 Å². The molecule has 3 atom stereocenters. The predicted octanol–water partition coefficient (Wildman–Crippen LogP) is 2.38. The van der Waals surface area contributed by atoms with Crippen LogP contribution in [0.2, 0.25) is 0 Å². The normalized spacial score (nSPS) is 26.8. The first-order valence-corrected chi connectivity index (χ1v) is 7.18. The van der Waals surface area contributed by atoms with E-state index in [-0.39, 0.29) is 24.3 Å². The summed E-state index contributed by atoms with van der Waals surface area (Å²) >= 11 is 0. The molecule has 0 spiro atoms. The van der Waals surface area contributed by atoms with Crippen molar-refractivity contribution >= 4 is 29.3 Å². The number of piperidine rings is 1. The van der Waals surface area contributed by atoms with Gasteiger partial charge >= 0.3 is 5.97 Å². The summed E-state index contributed by atoms with van der Waals surface area (Å²) in [6, 6.07) is 6.86. The number of rotatable bonds is 1. The molecule has 2 aliphatic rings. The number of nitrogens with one attached hydrogen (secondary N) is 2. The molecule has 5 heteroatoms. The van der Waals surface area contributed by atoms with E-state index in [9.17, 15) is 4.79 Å². The molecule has 0 amide bonds. The number of hydrogen-bond donors (Lipinski definition) is 2. The van der Waals surface area contributed by atoms with Gasteiger partial charge in [-0.2, -0.15) is 0 Å². The minimum absolute atomic E-state index is 0. The van der Waals surface area contributed by atoms with Crippen LogP contribution in [0, 0.1) is 5.92 Å². The van der Waals surface area contributed by atoms with Crippen molar-refractivity contribution in [2.24, 2.45) is 5.92 Å². The van der Waals surface area contributed by atoms with Gasteiger partial charge in [-0.05, 0) is 30.0 Å². The zero-order chi connectivity index (χ0) is 13.7. The lowest BCUT2D eigenvalue weighted by atomic mass is 9.73. The second-order valence-electron chi connectivity index (χ2n) is 5.86. The Bertz CT molecular complexity index is 682. The first-order chi connectivity index (χ1) is 9.78. The minimum atomic E-state index is -0.0945. The number of aromatic amines is 1. The third-order valence-corrected chi connectivity index (χ3v) is 4.84. The summed E-state index contributed by atoms with van der Waals surface area (Å²) < 4.78 is 4.91. The van der Waals surface area contributed by atoms with E-state index in [2.05, 4.69) is 34.7 Å². The lowest BCUT2D eigenvalue weighted by Crippen LogP contribution is -2.48. The van der Waals surface area contributed by atoms with Gasteiger partial charge in [-0.25, -0.2) is 0 Å². The fraction of sp³-hybridized carbons (Fsp3) is 0.438. The minimum Gasteiger partial charge on any atom is -0.469 e. The number of benzene rings is 1. The molecule has 21 heavy (non-hydrogen) atoms. The van der Waals surface area contributed by atoms with Gasteiger partial charge < -0.3 is 15.0 Å². The van der Waals surface area contributed by atoms with Crippen molar-refractivity contribution < 1.29 is 9.53 Å². The molecule has 1 aliphatic carbocycles. The quantitative estimate of drug-likeness (QED) is 0.795. The van der Waals surface area contributed by atoms with Gasteiger partial charge in [-0.1, -0.05) is 12.1 Å². The Labute approximate surface area is 129 Å². The van der Waals surface area contributed by atoms with Crippen LogP contribution in [0.4, 0.5) is 0 Å². The maximum Gasteiger partial charge on any atom is 0.309 e. The number of halogens is 1. The van der Waals surface area contributed by atoms with Crippen molar-refractivity contribution in [1.82, 2.24) is 10.3 Å². The molecule has 0 radical (unpaired) electrons. The number of methoxy groups -OCH3 is 1. The molecule has 4 rings (SSSR count). The topological polar surface area (TPSA) is 54.1 Å². The molecule has 3 unspecified atom stereocenters. The number of esters is 1. The number of H-pyrrole nitrogens is 1. The molecule has 0 saturated carbocycles. The van der Waals surface area contributed by atoms with Crippen LogP contribution in [0.5, 0.6) is 0 Å². The fourth-order valence-corrected chi connectivity index (χ4v) is 3.89. The Hall–Kier alpha value is -1.52. The summed E-state index contributed by atoms with van der Waals surface area (Å²) in [5.74, 6) is 0.278. The molecule has 1 fully saturated rings. The summed E-state index contributed by atoms with van der Waals surface area (Å²) in [6.07, 6.45) is 4.04. The second-order valence-corrected chi connectivity index (χ2v) is 5.86. The van der Waals surface area contributed by atoms with Crippen molar-refractivity contribution in [3.8, 4) is 0 Å². The van der Waals surface area contributed by atoms with E-state index < -0.39 is 0 Å². The van der Waals surface area contributed by atoms with Crippen LogP contribution in [0.25, 0.3) is 10.9 Å². The van der Waals surface area contributed by atoms with E-state index in [4.69, 9.17) is 4.74 Å². The number of hydrogen-bond acceptors (Lipinski definition) is 3. The third kappa shape index (κ3) is 2.14. The third-order valence-electron chi connectivity index (χ3n) is 4.84. The summed E-state index contributed by atoms with van der Waals surface area (Å²) in [5.41, 5.74) is 3.97. The van der Waals surface area contributed by atoms with Gasteiger partial charge in [-0.15, -0.1) is 12.4 Å². The Morgan fingerprint density at radius 1 is 1.38 bits per heavy atom. The highest BCUT2D eigenvalue weighted by molar-refractivity contribution is 5.88.